The third-order valence-electron chi connectivity index (χ3n) is 3.66. The van der Waals surface area contributed by atoms with E-state index in [1.54, 1.807) is 6.07 Å². The van der Waals surface area contributed by atoms with Crippen LogP contribution >= 0.6 is 0 Å². The first kappa shape index (κ1) is 15.1. The van der Waals surface area contributed by atoms with E-state index in [9.17, 15) is 9.59 Å². The maximum Gasteiger partial charge on any atom is 0.266 e. The number of hydrogen-bond donors (Lipinski definition) is 2. The van der Waals surface area contributed by atoms with Crippen molar-refractivity contribution in [3.63, 3.8) is 0 Å². The lowest BCUT2D eigenvalue weighted by atomic mass is 10.1. The molecule has 2 N–H and O–H groups in total. The molecule has 0 saturated heterocycles. The number of amides is 2. The standard InChI is InChI=1S/C18H18N2O3/c1-12-7-8-15-14(9-12)20-18(22)16(23-15)10-17(21)19-11-13-5-3-2-4-6-13/h2-9,16H,10-11H2,1H3,(H,19,21)(H,20,22)/t16-/m1/s1. The van der Waals surface area contributed by atoms with Crippen molar-refractivity contribution in [1.82, 2.24) is 5.32 Å². The first-order valence-corrected chi connectivity index (χ1v) is 7.50. The van der Waals surface area contributed by atoms with Crippen LogP contribution in [0.3, 0.4) is 0 Å². The number of aryl methyl sites for hydroxylation is 1. The molecule has 2 amide bonds. The van der Waals surface area contributed by atoms with Crippen LogP contribution in [0, 0.1) is 6.92 Å². The zero-order chi connectivity index (χ0) is 16.2. The van der Waals surface area contributed by atoms with Crippen molar-refractivity contribution in [3.05, 3.63) is 59.7 Å². The Hall–Kier alpha value is -2.82. The highest BCUT2D eigenvalue weighted by molar-refractivity contribution is 6.00. The summed E-state index contributed by atoms with van der Waals surface area (Å²) in [5, 5.41) is 5.59. The van der Waals surface area contributed by atoms with Crippen LogP contribution in [-0.4, -0.2) is 17.9 Å². The Balaban J connectivity index is 1.58. The zero-order valence-corrected chi connectivity index (χ0v) is 12.8. The van der Waals surface area contributed by atoms with Gasteiger partial charge in [-0.25, -0.2) is 0 Å². The van der Waals surface area contributed by atoms with Gasteiger partial charge in [0.15, 0.2) is 6.10 Å². The van der Waals surface area contributed by atoms with Crippen LogP contribution in [0.2, 0.25) is 0 Å². The summed E-state index contributed by atoms with van der Waals surface area (Å²) < 4.78 is 5.65. The Morgan fingerprint density at radius 1 is 1.22 bits per heavy atom. The predicted octanol–water partition coefficient (Wildman–Crippen LogP) is 2.40. The van der Waals surface area contributed by atoms with Gasteiger partial charge in [-0.2, -0.15) is 0 Å². The minimum absolute atomic E-state index is 0.00795. The van der Waals surface area contributed by atoms with Gasteiger partial charge < -0.3 is 15.4 Å². The van der Waals surface area contributed by atoms with Gasteiger partial charge in [-0.15, -0.1) is 0 Å². The van der Waals surface area contributed by atoms with Gasteiger partial charge in [0, 0.05) is 6.54 Å². The van der Waals surface area contributed by atoms with Crippen molar-refractivity contribution in [2.24, 2.45) is 0 Å². The van der Waals surface area contributed by atoms with E-state index in [1.807, 2.05) is 49.4 Å². The van der Waals surface area contributed by atoms with Crippen molar-refractivity contribution >= 4 is 17.5 Å². The monoisotopic (exact) mass is 310 g/mol. The third kappa shape index (κ3) is 3.69. The van der Waals surface area contributed by atoms with Gasteiger partial charge in [0.2, 0.25) is 5.91 Å². The molecule has 5 nitrogen and oxygen atoms in total. The number of carbonyl (C=O) groups is 2. The molecule has 0 bridgehead atoms. The molecule has 1 aliphatic heterocycles. The second-order valence-electron chi connectivity index (χ2n) is 5.56. The number of ether oxygens (including phenoxy) is 1. The zero-order valence-electron chi connectivity index (χ0n) is 12.8. The summed E-state index contributed by atoms with van der Waals surface area (Å²) in [6.45, 7) is 2.37. The first-order valence-electron chi connectivity index (χ1n) is 7.50. The molecule has 1 heterocycles. The van der Waals surface area contributed by atoms with Crippen LogP contribution in [0.5, 0.6) is 5.75 Å². The number of rotatable bonds is 4. The SMILES string of the molecule is Cc1ccc2c(c1)NC(=O)[C@@H](CC(=O)NCc1ccccc1)O2. The molecule has 3 rings (SSSR count). The van der Waals surface area contributed by atoms with E-state index in [4.69, 9.17) is 4.74 Å². The van der Waals surface area contributed by atoms with E-state index in [0.717, 1.165) is 11.1 Å². The van der Waals surface area contributed by atoms with Gasteiger partial charge in [-0.3, -0.25) is 9.59 Å². The molecule has 0 radical (unpaired) electrons. The molecular weight excluding hydrogens is 292 g/mol. The molecule has 1 atom stereocenters. The summed E-state index contributed by atoms with van der Waals surface area (Å²) >= 11 is 0. The Bertz CT molecular complexity index is 728. The maximum absolute atomic E-state index is 12.1. The summed E-state index contributed by atoms with van der Waals surface area (Å²) in [7, 11) is 0. The van der Waals surface area contributed by atoms with Crippen LogP contribution < -0.4 is 15.4 Å². The van der Waals surface area contributed by atoms with Gasteiger partial charge in [0.25, 0.3) is 5.91 Å². The van der Waals surface area contributed by atoms with Crippen LogP contribution in [-0.2, 0) is 16.1 Å². The van der Waals surface area contributed by atoms with E-state index < -0.39 is 6.10 Å². The minimum Gasteiger partial charge on any atom is -0.478 e. The summed E-state index contributed by atoms with van der Waals surface area (Å²) in [5.41, 5.74) is 2.69. The number of carbonyl (C=O) groups excluding carboxylic acids is 2. The topological polar surface area (TPSA) is 67.4 Å². The fourth-order valence-corrected chi connectivity index (χ4v) is 2.44. The number of anilines is 1. The van der Waals surface area contributed by atoms with E-state index in [-0.39, 0.29) is 18.2 Å². The molecule has 0 aromatic heterocycles. The fourth-order valence-electron chi connectivity index (χ4n) is 2.44. The Kier molecular flexibility index (Phi) is 4.28. The lowest BCUT2D eigenvalue weighted by Gasteiger charge is -2.25. The largest absolute Gasteiger partial charge is 0.478 e. The molecular formula is C18H18N2O3. The molecule has 0 fully saturated rings. The molecule has 0 aliphatic carbocycles. The second-order valence-corrected chi connectivity index (χ2v) is 5.56. The third-order valence-corrected chi connectivity index (χ3v) is 3.66. The summed E-state index contributed by atoms with van der Waals surface area (Å²) in [5.74, 6) is 0.0820. The van der Waals surface area contributed by atoms with E-state index in [2.05, 4.69) is 10.6 Å². The molecule has 2 aromatic rings. The lowest BCUT2D eigenvalue weighted by Crippen LogP contribution is -2.40. The highest BCUT2D eigenvalue weighted by Gasteiger charge is 2.29. The van der Waals surface area contributed by atoms with Crippen LogP contribution in [0.25, 0.3) is 0 Å². The van der Waals surface area contributed by atoms with E-state index in [1.165, 1.54) is 0 Å². The predicted molar refractivity (Wildman–Crippen MR) is 87.1 cm³/mol. The van der Waals surface area contributed by atoms with Crippen molar-refractivity contribution in [1.29, 1.82) is 0 Å². The van der Waals surface area contributed by atoms with Gasteiger partial charge in [0.1, 0.15) is 5.75 Å². The normalized spacial score (nSPS) is 16.0. The molecule has 0 saturated carbocycles. The quantitative estimate of drug-likeness (QED) is 0.911. The second kappa shape index (κ2) is 6.52. The van der Waals surface area contributed by atoms with Crippen molar-refractivity contribution < 1.29 is 14.3 Å². The highest BCUT2D eigenvalue weighted by atomic mass is 16.5. The van der Waals surface area contributed by atoms with E-state index >= 15 is 0 Å². The first-order chi connectivity index (χ1) is 11.1. The summed E-state index contributed by atoms with van der Waals surface area (Å²) in [4.78, 5) is 24.1. The molecule has 0 spiro atoms. The van der Waals surface area contributed by atoms with Gasteiger partial charge >= 0.3 is 0 Å². The summed E-state index contributed by atoms with van der Waals surface area (Å²) in [6, 6.07) is 15.2. The van der Waals surface area contributed by atoms with Gasteiger partial charge in [-0.05, 0) is 30.2 Å². The van der Waals surface area contributed by atoms with Gasteiger partial charge in [0.05, 0.1) is 12.1 Å². The molecule has 5 heteroatoms. The molecule has 0 unspecified atom stereocenters. The Labute approximate surface area is 134 Å². The Morgan fingerprint density at radius 2 is 2.00 bits per heavy atom. The lowest BCUT2D eigenvalue weighted by molar-refractivity contribution is -0.130. The van der Waals surface area contributed by atoms with Crippen molar-refractivity contribution in [3.8, 4) is 5.75 Å². The van der Waals surface area contributed by atoms with Crippen molar-refractivity contribution in [2.75, 3.05) is 5.32 Å². The highest BCUT2D eigenvalue weighted by Crippen LogP contribution is 2.30. The maximum atomic E-state index is 12.1. The van der Waals surface area contributed by atoms with Crippen molar-refractivity contribution in [2.45, 2.75) is 26.0 Å². The summed E-state index contributed by atoms with van der Waals surface area (Å²) in [6.07, 6.45) is -0.813. The average Bonchev–Trinajstić information content (AvgIpc) is 2.55. The van der Waals surface area contributed by atoms with Crippen LogP contribution in [0.1, 0.15) is 17.5 Å². The van der Waals surface area contributed by atoms with E-state index in [0.29, 0.717) is 18.0 Å². The van der Waals surface area contributed by atoms with Crippen LogP contribution in [0.4, 0.5) is 5.69 Å². The molecule has 1 aliphatic rings. The number of fused-ring (bicyclic) bond motifs is 1. The molecule has 118 valence electrons. The smallest absolute Gasteiger partial charge is 0.266 e. The minimum atomic E-state index is -0.805. The number of benzene rings is 2. The fraction of sp³-hybridized carbons (Fsp3) is 0.222. The average molecular weight is 310 g/mol. The Morgan fingerprint density at radius 3 is 2.78 bits per heavy atom. The van der Waals surface area contributed by atoms with Gasteiger partial charge in [-0.1, -0.05) is 36.4 Å². The molecule has 23 heavy (non-hydrogen) atoms. The van der Waals surface area contributed by atoms with Crippen LogP contribution in [0.15, 0.2) is 48.5 Å². The molecule has 2 aromatic carbocycles. The number of hydrogen-bond acceptors (Lipinski definition) is 3. The number of nitrogens with one attached hydrogen (secondary N) is 2.